The molecule has 0 bridgehead atoms. The van der Waals surface area contributed by atoms with Gasteiger partial charge in [-0.3, -0.25) is 4.57 Å². The lowest BCUT2D eigenvalue weighted by atomic mass is 10.2. The Kier molecular flexibility index (Phi) is 5.57. The summed E-state index contributed by atoms with van der Waals surface area (Å²) in [4.78, 5) is 0. The predicted molar refractivity (Wildman–Crippen MR) is 109 cm³/mol. The third-order valence-corrected chi connectivity index (χ3v) is 5.36. The normalized spacial score (nSPS) is 10.9. The zero-order chi connectivity index (χ0) is 20.2. The Bertz CT molecular complexity index is 1110. The molecule has 0 unspecified atom stereocenters. The van der Waals surface area contributed by atoms with Crippen LogP contribution in [0, 0.1) is 11.6 Å². The second-order valence-corrected chi connectivity index (χ2v) is 7.18. The van der Waals surface area contributed by atoms with Gasteiger partial charge in [0.25, 0.3) is 0 Å². The highest BCUT2D eigenvalue weighted by atomic mass is 32.2. The average Bonchev–Trinajstić information content (AvgIpc) is 3.17. The van der Waals surface area contributed by atoms with Gasteiger partial charge in [-0.05, 0) is 54.1 Å². The number of methoxy groups -OCH3 is 1. The summed E-state index contributed by atoms with van der Waals surface area (Å²) in [7, 11) is 1.60. The van der Waals surface area contributed by atoms with Gasteiger partial charge >= 0.3 is 0 Å². The summed E-state index contributed by atoms with van der Waals surface area (Å²) in [5, 5.41) is 9.15. The van der Waals surface area contributed by atoms with Crippen LogP contribution >= 0.6 is 11.8 Å². The molecule has 0 fully saturated rings. The molecule has 3 aromatic carbocycles. The molecule has 4 rings (SSSR count). The van der Waals surface area contributed by atoms with Gasteiger partial charge in [0.05, 0.1) is 18.4 Å². The molecule has 4 nitrogen and oxygen atoms in total. The number of halogens is 2. The van der Waals surface area contributed by atoms with Crippen LogP contribution in [0.4, 0.5) is 8.78 Å². The van der Waals surface area contributed by atoms with Crippen molar-refractivity contribution in [1.82, 2.24) is 14.8 Å². The summed E-state index contributed by atoms with van der Waals surface area (Å²) in [6.07, 6.45) is 0. The van der Waals surface area contributed by atoms with E-state index in [0.29, 0.717) is 22.3 Å². The van der Waals surface area contributed by atoms with Crippen molar-refractivity contribution >= 4 is 11.8 Å². The van der Waals surface area contributed by atoms with Gasteiger partial charge < -0.3 is 4.74 Å². The maximum Gasteiger partial charge on any atom is 0.196 e. The second-order valence-electron chi connectivity index (χ2n) is 6.23. The molecule has 0 radical (unpaired) electrons. The molecule has 0 saturated carbocycles. The van der Waals surface area contributed by atoms with Crippen LogP contribution in [-0.2, 0) is 5.75 Å². The van der Waals surface area contributed by atoms with Crippen molar-refractivity contribution in [3.8, 4) is 22.8 Å². The minimum atomic E-state index is -0.371. The summed E-state index contributed by atoms with van der Waals surface area (Å²) in [5.74, 6) is 1.06. The van der Waals surface area contributed by atoms with Crippen molar-refractivity contribution in [1.29, 1.82) is 0 Å². The largest absolute Gasteiger partial charge is 0.497 e. The van der Waals surface area contributed by atoms with Crippen LogP contribution in [-0.4, -0.2) is 21.9 Å². The fourth-order valence-corrected chi connectivity index (χ4v) is 3.78. The van der Waals surface area contributed by atoms with Crippen molar-refractivity contribution in [2.24, 2.45) is 0 Å². The van der Waals surface area contributed by atoms with E-state index in [4.69, 9.17) is 4.74 Å². The Labute approximate surface area is 171 Å². The van der Waals surface area contributed by atoms with Gasteiger partial charge in [-0.1, -0.05) is 36.0 Å². The third-order valence-electron chi connectivity index (χ3n) is 4.36. The molecule has 0 N–H and O–H groups in total. The highest BCUT2D eigenvalue weighted by Gasteiger charge is 2.18. The molecule has 0 aliphatic heterocycles. The van der Waals surface area contributed by atoms with Crippen LogP contribution in [0.1, 0.15) is 5.56 Å². The quantitative estimate of drug-likeness (QED) is 0.394. The summed E-state index contributed by atoms with van der Waals surface area (Å²) >= 11 is 1.45. The first-order chi connectivity index (χ1) is 14.2. The Hall–Kier alpha value is -3.19. The molecule has 0 atom stereocenters. The first kappa shape index (κ1) is 19.1. The number of nitrogens with zero attached hydrogens (tertiary/aromatic N) is 3. The van der Waals surface area contributed by atoms with E-state index in [-0.39, 0.29) is 11.6 Å². The number of thioether (sulfide) groups is 1. The number of aromatic nitrogens is 3. The van der Waals surface area contributed by atoms with Gasteiger partial charge in [0, 0.05) is 5.75 Å². The third kappa shape index (κ3) is 4.14. The number of hydrogen-bond donors (Lipinski definition) is 0. The van der Waals surface area contributed by atoms with Crippen LogP contribution in [0.15, 0.2) is 78.0 Å². The summed E-state index contributed by atoms with van der Waals surface area (Å²) < 4.78 is 34.6. The van der Waals surface area contributed by atoms with Gasteiger partial charge in [0.1, 0.15) is 17.4 Å². The maximum atomic E-state index is 14.4. The van der Waals surface area contributed by atoms with Crippen molar-refractivity contribution < 1.29 is 13.5 Å². The molecule has 0 spiro atoms. The lowest BCUT2D eigenvalue weighted by Crippen LogP contribution is -2.01. The van der Waals surface area contributed by atoms with E-state index >= 15 is 0 Å². The van der Waals surface area contributed by atoms with Crippen LogP contribution in [0.5, 0.6) is 5.75 Å². The van der Waals surface area contributed by atoms with E-state index in [1.54, 1.807) is 37.4 Å². The Balaban J connectivity index is 1.74. The Morgan fingerprint density at radius 2 is 1.62 bits per heavy atom. The Morgan fingerprint density at radius 1 is 0.897 bits per heavy atom. The van der Waals surface area contributed by atoms with E-state index in [9.17, 15) is 8.78 Å². The van der Waals surface area contributed by atoms with Crippen LogP contribution < -0.4 is 4.74 Å². The van der Waals surface area contributed by atoms with Gasteiger partial charge in [-0.15, -0.1) is 10.2 Å². The van der Waals surface area contributed by atoms with E-state index in [1.807, 2.05) is 28.8 Å². The van der Waals surface area contributed by atoms with Crippen molar-refractivity contribution in [2.75, 3.05) is 7.11 Å². The lowest BCUT2D eigenvalue weighted by molar-refractivity contribution is 0.414. The molecule has 29 heavy (non-hydrogen) atoms. The van der Waals surface area contributed by atoms with Gasteiger partial charge in [0.15, 0.2) is 11.0 Å². The highest BCUT2D eigenvalue weighted by Crippen LogP contribution is 2.31. The predicted octanol–water partition coefficient (Wildman–Crippen LogP) is 5.51. The minimum absolute atomic E-state index is 0.276. The smallest absolute Gasteiger partial charge is 0.196 e. The molecule has 4 aromatic rings. The monoisotopic (exact) mass is 409 g/mol. The number of ether oxygens (including phenoxy) is 1. The van der Waals surface area contributed by atoms with Gasteiger partial charge in [-0.25, -0.2) is 8.78 Å². The minimum Gasteiger partial charge on any atom is -0.497 e. The topological polar surface area (TPSA) is 39.9 Å². The SMILES string of the molecule is COc1ccc(-n2c(SCc3ccc(F)cc3)nnc2-c2ccccc2F)cc1. The summed E-state index contributed by atoms with van der Waals surface area (Å²) in [6.45, 7) is 0. The first-order valence-corrected chi connectivity index (χ1v) is 9.86. The second kappa shape index (κ2) is 8.45. The zero-order valence-corrected chi connectivity index (χ0v) is 16.4. The van der Waals surface area contributed by atoms with Crippen molar-refractivity contribution in [2.45, 2.75) is 10.9 Å². The number of rotatable bonds is 6. The van der Waals surface area contributed by atoms with Gasteiger partial charge in [-0.2, -0.15) is 0 Å². The molecule has 7 heteroatoms. The molecule has 1 aromatic heterocycles. The fraction of sp³-hybridized carbons (Fsp3) is 0.0909. The number of benzene rings is 3. The van der Waals surface area contributed by atoms with E-state index < -0.39 is 0 Å². The standard InChI is InChI=1S/C22H17F2N3OS/c1-28-18-12-10-17(11-13-18)27-21(19-4-2-3-5-20(19)24)25-26-22(27)29-14-15-6-8-16(23)9-7-15/h2-13H,14H2,1H3. The summed E-state index contributed by atoms with van der Waals surface area (Å²) in [5.41, 5.74) is 2.10. The molecular weight excluding hydrogens is 392 g/mol. The van der Waals surface area contributed by atoms with Crippen LogP contribution in [0.3, 0.4) is 0 Å². The van der Waals surface area contributed by atoms with Gasteiger partial charge in [0.2, 0.25) is 0 Å². The van der Waals surface area contributed by atoms with Crippen molar-refractivity contribution in [3.05, 3.63) is 90.0 Å². The van der Waals surface area contributed by atoms with E-state index in [0.717, 1.165) is 17.0 Å². The molecular formula is C22H17F2N3OS. The van der Waals surface area contributed by atoms with Crippen LogP contribution in [0.25, 0.3) is 17.1 Å². The maximum absolute atomic E-state index is 14.4. The van der Waals surface area contributed by atoms with Crippen molar-refractivity contribution in [3.63, 3.8) is 0 Å². The zero-order valence-electron chi connectivity index (χ0n) is 15.5. The molecule has 0 saturated heterocycles. The lowest BCUT2D eigenvalue weighted by Gasteiger charge is -2.11. The molecule has 0 aliphatic rings. The first-order valence-electron chi connectivity index (χ1n) is 8.87. The molecule has 0 amide bonds. The average molecular weight is 409 g/mol. The summed E-state index contributed by atoms with van der Waals surface area (Å²) in [6, 6.07) is 20.2. The fourth-order valence-electron chi connectivity index (χ4n) is 2.87. The molecule has 146 valence electrons. The van der Waals surface area contributed by atoms with Crippen LogP contribution in [0.2, 0.25) is 0 Å². The molecule has 1 heterocycles. The van der Waals surface area contributed by atoms with E-state index in [1.165, 1.54) is 30.0 Å². The highest BCUT2D eigenvalue weighted by molar-refractivity contribution is 7.98. The Morgan fingerprint density at radius 3 is 2.31 bits per heavy atom. The molecule has 0 aliphatic carbocycles. The van der Waals surface area contributed by atoms with E-state index in [2.05, 4.69) is 10.2 Å². The number of hydrogen-bond acceptors (Lipinski definition) is 4.